The van der Waals surface area contributed by atoms with Gasteiger partial charge in [-0.05, 0) is 61.5 Å². The normalized spacial score (nSPS) is 14.6. The maximum Gasteiger partial charge on any atom is 0.409 e. The van der Waals surface area contributed by atoms with E-state index in [4.69, 9.17) is 4.74 Å². The third-order valence-corrected chi connectivity index (χ3v) is 5.78. The summed E-state index contributed by atoms with van der Waals surface area (Å²) in [6.45, 7) is 4.08. The molecule has 1 fully saturated rings. The number of benzene rings is 1. The molecule has 0 unspecified atom stereocenters. The highest BCUT2D eigenvalue weighted by Crippen LogP contribution is 2.18. The molecule has 0 saturated carbocycles. The topological polar surface area (TPSA) is 76.5 Å². The highest BCUT2D eigenvalue weighted by Gasteiger charge is 2.23. The van der Waals surface area contributed by atoms with E-state index < -0.39 is 0 Å². The molecule has 1 saturated heterocycles. The molecule has 1 amide bonds. The lowest BCUT2D eigenvalue weighted by molar-refractivity contribution is 0.0950. The van der Waals surface area contributed by atoms with Crippen LogP contribution in [0.4, 0.5) is 9.18 Å². The van der Waals surface area contributed by atoms with Crippen LogP contribution in [0.1, 0.15) is 31.0 Å². The van der Waals surface area contributed by atoms with Crippen molar-refractivity contribution in [1.29, 1.82) is 0 Å². The zero-order valence-electron chi connectivity index (χ0n) is 18.1. The van der Waals surface area contributed by atoms with Crippen molar-refractivity contribution in [2.24, 2.45) is 0 Å². The van der Waals surface area contributed by atoms with Gasteiger partial charge in [0.2, 0.25) is 0 Å². The van der Waals surface area contributed by atoms with Crippen molar-refractivity contribution in [3.63, 3.8) is 0 Å². The van der Waals surface area contributed by atoms with Gasteiger partial charge in [0.05, 0.1) is 24.4 Å². The fourth-order valence-electron chi connectivity index (χ4n) is 4.08. The van der Waals surface area contributed by atoms with Gasteiger partial charge >= 0.3 is 6.09 Å². The Morgan fingerprint density at radius 2 is 2.03 bits per heavy atom. The molecule has 0 aliphatic carbocycles. The Morgan fingerprint density at radius 3 is 2.75 bits per heavy atom. The summed E-state index contributed by atoms with van der Waals surface area (Å²) in [7, 11) is 0. The Balaban J connectivity index is 1.52. The number of likely N-dealkylation sites (tertiary alicyclic amines) is 1. The Labute approximate surface area is 185 Å². The molecule has 1 aliphatic rings. The Bertz CT molecular complexity index is 1140. The average Bonchev–Trinajstić information content (AvgIpc) is 2.81. The van der Waals surface area contributed by atoms with Crippen LogP contribution in [0.5, 0.6) is 0 Å². The molecule has 168 valence electrons. The minimum absolute atomic E-state index is 0.162. The number of rotatable bonds is 6. The highest BCUT2D eigenvalue weighted by atomic mass is 19.1. The molecule has 2 aromatic heterocycles. The fourth-order valence-corrected chi connectivity index (χ4v) is 4.08. The van der Waals surface area contributed by atoms with E-state index in [9.17, 15) is 14.0 Å². The molecule has 1 N–H and O–H groups in total. The standard InChI is InChI=1S/C24H27FN4O3/c1-2-32-24(31)28-11-8-20(9-12-28)27-15-18-13-17-6-7-19(25)14-22(17)29(23(18)30)16-21-5-3-4-10-26-21/h3-7,10,13-14,20,27H,2,8-9,11-12,15-16H2,1H3. The number of nitrogens with one attached hydrogen (secondary N) is 1. The van der Waals surface area contributed by atoms with E-state index >= 15 is 0 Å². The number of pyridine rings is 2. The zero-order chi connectivity index (χ0) is 22.5. The van der Waals surface area contributed by atoms with E-state index in [1.54, 1.807) is 28.7 Å². The lowest BCUT2D eigenvalue weighted by atomic mass is 10.0. The molecule has 0 atom stereocenters. The molecule has 1 aromatic carbocycles. The minimum atomic E-state index is -0.383. The van der Waals surface area contributed by atoms with Crippen LogP contribution in [0.3, 0.4) is 0 Å². The first-order valence-electron chi connectivity index (χ1n) is 10.9. The molecule has 0 radical (unpaired) electrons. The van der Waals surface area contributed by atoms with Crippen LogP contribution in [0.2, 0.25) is 0 Å². The quantitative estimate of drug-likeness (QED) is 0.639. The van der Waals surface area contributed by atoms with Crippen molar-refractivity contribution in [3.8, 4) is 0 Å². The summed E-state index contributed by atoms with van der Waals surface area (Å²) in [5, 5.41) is 4.26. The van der Waals surface area contributed by atoms with Crippen LogP contribution in [-0.2, 0) is 17.8 Å². The monoisotopic (exact) mass is 438 g/mol. The number of nitrogens with zero attached hydrogens (tertiary/aromatic N) is 3. The van der Waals surface area contributed by atoms with Crippen LogP contribution >= 0.6 is 0 Å². The van der Waals surface area contributed by atoms with E-state index in [0.717, 1.165) is 23.9 Å². The third kappa shape index (κ3) is 4.96. The second-order valence-electron chi connectivity index (χ2n) is 7.93. The Hall–Kier alpha value is -3.26. The molecule has 32 heavy (non-hydrogen) atoms. The van der Waals surface area contributed by atoms with E-state index in [-0.39, 0.29) is 30.1 Å². The third-order valence-electron chi connectivity index (χ3n) is 5.78. The van der Waals surface area contributed by atoms with Gasteiger partial charge in [-0.3, -0.25) is 9.78 Å². The van der Waals surface area contributed by atoms with Crippen LogP contribution in [0, 0.1) is 5.82 Å². The van der Waals surface area contributed by atoms with E-state index in [0.29, 0.717) is 37.3 Å². The van der Waals surface area contributed by atoms with Crippen molar-refractivity contribution < 1.29 is 13.9 Å². The zero-order valence-corrected chi connectivity index (χ0v) is 18.1. The van der Waals surface area contributed by atoms with E-state index in [1.165, 1.54) is 12.1 Å². The SMILES string of the molecule is CCOC(=O)N1CCC(NCc2cc3ccc(F)cc3n(Cc3ccccn3)c2=O)CC1. The van der Waals surface area contributed by atoms with Gasteiger partial charge in [-0.15, -0.1) is 0 Å². The molecule has 4 rings (SSSR count). The maximum absolute atomic E-state index is 13.9. The second-order valence-corrected chi connectivity index (χ2v) is 7.93. The fraction of sp³-hybridized carbons (Fsp3) is 0.375. The number of hydrogen-bond acceptors (Lipinski definition) is 5. The van der Waals surface area contributed by atoms with Crippen molar-refractivity contribution in [2.75, 3.05) is 19.7 Å². The molecular formula is C24H27FN4O3. The summed E-state index contributed by atoms with van der Waals surface area (Å²) in [6, 6.07) is 12.0. The summed E-state index contributed by atoms with van der Waals surface area (Å²) in [4.78, 5) is 31.2. The molecule has 0 bridgehead atoms. The molecule has 8 heteroatoms. The van der Waals surface area contributed by atoms with Crippen LogP contribution in [0.25, 0.3) is 10.9 Å². The van der Waals surface area contributed by atoms with E-state index in [1.807, 2.05) is 24.3 Å². The lowest BCUT2D eigenvalue weighted by Crippen LogP contribution is -2.45. The van der Waals surface area contributed by atoms with E-state index in [2.05, 4.69) is 10.3 Å². The Kier molecular flexibility index (Phi) is 6.80. The minimum Gasteiger partial charge on any atom is -0.450 e. The van der Waals surface area contributed by atoms with Gasteiger partial charge in [0, 0.05) is 37.4 Å². The second kappa shape index (κ2) is 9.91. The number of aromatic nitrogens is 2. The van der Waals surface area contributed by atoms with Crippen LogP contribution in [-0.4, -0.2) is 46.3 Å². The number of hydrogen-bond donors (Lipinski definition) is 1. The van der Waals surface area contributed by atoms with Crippen molar-refractivity contribution in [1.82, 2.24) is 19.8 Å². The number of piperidine rings is 1. The largest absolute Gasteiger partial charge is 0.450 e. The first-order chi connectivity index (χ1) is 15.5. The molecular weight excluding hydrogens is 411 g/mol. The molecule has 1 aliphatic heterocycles. The number of ether oxygens (including phenoxy) is 1. The summed E-state index contributed by atoms with van der Waals surface area (Å²) in [6.07, 6.45) is 2.99. The number of carbonyl (C=O) groups is 1. The van der Waals surface area contributed by atoms with Gasteiger partial charge in [-0.2, -0.15) is 0 Å². The van der Waals surface area contributed by atoms with Gasteiger partial charge in [0.25, 0.3) is 5.56 Å². The number of halogens is 1. The number of carbonyl (C=O) groups excluding carboxylic acids is 1. The van der Waals surface area contributed by atoms with Crippen LogP contribution < -0.4 is 10.9 Å². The van der Waals surface area contributed by atoms with Gasteiger partial charge < -0.3 is 19.5 Å². The summed E-state index contributed by atoms with van der Waals surface area (Å²) in [5.41, 5.74) is 1.74. The molecule has 0 spiro atoms. The summed E-state index contributed by atoms with van der Waals surface area (Å²) < 4.78 is 20.6. The van der Waals surface area contributed by atoms with Crippen molar-refractivity contribution in [3.05, 3.63) is 76.1 Å². The first kappa shape index (κ1) is 22.0. The highest BCUT2D eigenvalue weighted by molar-refractivity contribution is 5.79. The van der Waals surface area contributed by atoms with Gasteiger partial charge in [0.15, 0.2) is 0 Å². The van der Waals surface area contributed by atoms with Crippen molar-refractivity contribution >= 4 is 17.0 Å². The average molecular weight is 439 g/mol. The molecule has 3 heterocycles. The predicted molar refractivity (Wildman–Crippen MR) is 120 cm³/mol. The number of fused-ring (bicyclic) bond motifs is 1. The van der Waals surface area contributed by atoms with Gasteiger partial charge in [-0.1, -0.05) is 6.07 Å². The van der Waals surface area contributed by atoms with Gasteiger partial charge in [0.1, 0.15) is 5.82 Å². The smallest absolute Gasteiger partial charge is 0.409 e. The molecule has 7 nitrogen and oxygen atoms in total. The molecule has 3 aromatic rings. The number of amides is 1. The van der Waals surface area contributed by atoms with Crippen molar-refractivity contribution in [2.45, 2.75) is 38.9 Å². The predicted octanol–water partition coefficient (Wildman–Crippen LogP) is 3.29. The van der Waals surface area contributed by atoms with Gasteiger partial charge in [-0.25, -0.2) is 9.18 Å². The Morgan fingerprint density at radius 1 is 1.22 bits per heavy atom. The maximum atomic E-state index is 13.9. The lowest BCUT2D eigenvalue weighted by Gasteiger charge is -2.31. The summed E-state index contributed by atoms with van der Waals surface area (Å²) >= 11 is 0. The first-order valence-corrected chi connectivity index (χ1v) is 10.9. The van der Waals surface area contributed by atoms with Crippen LogP contribution in [0.15, 0.2) is 53.5 Å². The summed E-state index contributed by atoms with van der Waals surface area (Å²) in [5.74, 6) is -0.383.